The van der Waals surface area contributed by atoms with E-state index in [4.69, 9.17) is 0 Å². The maximum atomic E-state index is 3.52. The predicted octanol–water partition coefficient (Wildman–Crippen LogP) is 3.83. The second-order valence-corrected chi connectivity index (χ2v) is 5.73. The first-order valence-corrected chi connectivity index (χ1v) is 7.88. The average Bonchev–Trinajstić information content (AvgIpc) is 2.95. The van der Waals surface area contributed by atoms with Crippen LogP contribution in [0.1, 0.15) is 11.1 Å². The average molecular weight is 298 g/mol. The van der Waals surface area contributed by atoms with Crippen molar-refractivity contribution in [2.75, 3.05) is 0 Å². The van der Waals surface area contributed by atoms with Crippen LogP contribution >= 0.6 is 0 Å². The molecule has 0 aliphatic rings. The first kappa shape index (κ1) is 13.8. The summed E-state index contributed by atoms with van der Waals surface area (Å²) in [5, 5.41) is 0. The summed E-state index contributed by atoms with van der Waals surface area (Å²) in [5.74, 6) is 0. The quantitative estimate of drug-likeness (QED) is 0.400. The third-order valence-corrected chi connectivity index (χ3v) is 4.07. The summed E-state index contributed by atoms with van der Waals surface area (Å²) in [6.07, 6.45) is 3.52. The number of hydrogen-bond acceptors (Lipinski definition) is 0. The molecule has 0 saturated carbocycles. The zero-order valence-corrected chi connectivity index (χ0v) is 12.9. The molecule has 0 fully saturated rings. The number of nitrogens with zero attached hydrogens (tertiary/aromatic N) is 2. The number of rotatable bonds is 4. The lowest BCUT2D eigenvalue weighted by molar-refractivity contribution is -0.667. The molecule has 3 aromatic carbocycles. The fourth-order valence-corrected chi connectivity index (χ4v) is 2.95. The second-order valence-electron chi connectivity index (χ2n) is 5.73. The molecule has 4 aromatic rings. The van der Waals surface area contributed by atoms with Crippen LogP contribution in [0.3, 0.4) is 0 Å². The minimum atomic E-state index is 0.836. The van der Waals surface area contributed by atoms with Gasteiger partial charge in [0.2, 0.25) is 6.33 Å². The molecule has 0 atom stereocenters. The van der Waals surface area contributed by atoms with Crippen LogP contribution < -0.4 is 4.57 Å². The van der Waals surface area contributed by atoms with Crippen molar-refractivity contribution in [1.82, 2.24) is 4.57 Å². The maximum absolute atomic E-state index is 3.52. The normalized spacial score (nSPS) is 11.0. The van der Waals surface area contributed by atoms with Crippen molar-refractivity contribution in [3.63, 3.8) is 0 Å². The third kappa shape index (κ3) is 2.88. The van der Waals surface area contributed by atoms with Gasteiger partial charge in [-0.3, -0.25) is 0 Å². The predicted molar refractivity (Wildman–Crippen MR) is 92.1 cm³/mol. The minimum Gasteiger partial charge on any atom is -0.340 e. The van der Waals surface area contributed by atoms with Gasteiger partial charge in [0.15, 0.2) is 0 Å². The summed E-state index contributed by atoms with van der Waals surface area (Å²) in [4.78, 5) is 0. The lowest BCUT2D eigenvalue weighted by Gasteiger charge is -2.03. The van der Waals surface area contributed by atoms with E-state index in [0.29, 0.717) is 0 Å². The van der Waals surface area contributed by atoms with Crippen molar-refractivity contribution in [2.45, 2.75) is 13.1 Å². The number of aromatic nitrogens is 2. The van der Waals surface area contributed by atoms with Crippen molar-refractivity contribution in [3.05, 3.63) is 102 Å². The number of para-hydroxylation sites is 2. The number of fused-ring (bicyclic) bond motifs is 1. The molecule has 23 heavy (non-hydrogen) atoms. The monoisotopic (exact) mass is 298 g/mol. The molecule has 0 amide bonds. The van der Waals surface area contributed by atoms with Crippen LogP contribution in [0, 0.1) is 6.33 Å². The first-order valence-electron chi connectivity index (χ1n) is 7.88. The highest BCUT2D eigenvalue weighted by molar-refractivity contribution is 5.71. The molecule has 0 N–H and O–H groups in total. The Morgan fingerprint density at radius 1 is 0.696 bits per heavy atom. The van der Waals surface area contributed by atoms with Crippen LogP contribution in [0.4, 0.5) is 0 Å². The molecule has 0 bridgehead atoms. The van der Waals surface area contributed by atoms with Crippen LogP contribution in [0.5, 0.6) is 0 Å². The lowest BCUT2D eigenvalue weighted by atomic mass is 10.2. The number of hydrogen-bond donors (Lipinski definition) is 0. The molecule has 4 rings (SSSR count). The van der Waals surface area contributed by atoms with E-state index < -0.39 is 0 Å². The van der Waals surface area contributed by atoms with Crippen molar-refractivity contribution in [2.24, 2.45) is 0 Å². The molecular formula is C21H18N2. The molecule has 2 heteroatoms. The molecule has 1 aromatic heterocycles. The SMILES string of the molecule is [c-]1n(Cc2ccccc2)c2ccccc2[n+]1Cc1ccccc1. The van der Waals surface area contributed by atoms with Crippen LogP contribution in [0.15, 0.2) is 84.9 Å². The smallest absolute Gasteiger partial charge is 0.205 e. The fraction of sp³-hybridized carbons (Fsp3) is 0.0952. The highest BCUT2D eigenvalue weighted by atomic mass is 15.1. The van der Waals surface area contributed by atoms with E-state index in [1.165, 1.54) is 22.2 Å². The Labute approximate surface area is 136 Å². The molecule has 1 heterocycles. The van der Waals surface area contributed by atoms with E-state index in [1.807, 2.05) is 0 Å². The van der Waals surface area contributed by atoms with E-state index in [0.717, 1.165) is 13.1 Å². The highest BCUT2D eigenvalue weighted by Crippen LogP contribution is 2.13. The molecule has 2 nitrogen and oxygen atoms in total. The molecule has 0 spiro atoms. The molecule has 0 aliphatic carbocycles. The Kier molecular flexibility index (Phi) is 3.65. The van der Waals surface area contributed by atoms with Gasteiger partial charge in [-0.05, 0) is 11.1 Å². The summed E-state index contributed by atoms with van der Waals surface area (Å²) in [6, 6.07) is 29.6. The van der Waals surface area contributed by atoms with Crippen molar-refractivity contribution >= 4 is 11.0 Å². The van der Waals surface area contributed by atoms with Gasteiger partial charge < -0.3 is 9.13 Å². The molecule has 0 aliphatic heterocycles. The zero-order valence-electron chi connectivity index (χ0n) is 12.9. The second kappa shape index (κ2) is 6.09. The zero-order chi connectivity index (χ0) is 15.5. The standard InChI is InChI=1S/C21H18N2/c1-3-9-18(10-4-1)15-22-17-23(16-19-11-5-2-6-12-19)21-14-8-7-13-20(21)22/h1-14H,15-16H2. The number of benzene rings is 3. The Bertz CT molecular complexity index is 833. The molecular weight excluding hydrogens is 280 g/mol. The summed E-state index contributed by atoms with van der Waals surface area (Å²) >= 11 is 0. The summed E-state index contributed by atoms with van der Waals surface area (Å²) in [6.45, 7) is 1.67. The van der Waals surface area contributed by atoms with Gasteiger partial charge in [-0.1, -0.05) is 84.9 Å². The Balaban J connectivity index is 1.74. The van der Waals surface area contributed by atoms with Gasteiger partial charge in [-0.2, -0.15) is 0 Å². The van der Waals surface area contributed by atoms with Gasteiger partial charge in [0.1, 0.15) is 0 Å². The minimum absolute atomic E-state index is 0.836. The van der Waals surface area contributed by atoms with Crippen LogP contribution in [0.25, 0.3) is 11.0 Å². The van der Waals surface area contributed by atoms with Crippen LogP contribution in [-0.4, -0.2) is 4.57 Å². The van der Waals surface area contributed by atoms with Gasteiger partial charge >= 0.3 is 0 Å². The van der Waals surface area contributed by atoms with Gasteiger partial charge in [-0.25, -0.2) is 0 Å². The van der Waals surface area contributed by atoms with Crippen LogP contribution in [0.2, 0.25) is 0 Å². The lowest BCUT2D eigenvalue weighted by Crippen LogP contribution is -2.33. The number of imidazole rings is 1. The molecule has 0 saturated heterocycles. The van der Waals surface area contributed by atoms with Gasteiger partial charge in [0.05, 0.1) is 13.1 Å². The maximum Gasteiger partial charge on any atom is 0.205 e. The van der Waals surface area contributed by atoms with E-state index in [9.17, 15) is 0 Å². The summed E-state index contributed by atoms with van der Waals surface area (Å²) in [7, 11) is 0. The van der Waals surface area contributed by atoms with E-state index in [2.05, 4.69) is 100 Å². The largest absolute Gasteiger partial charge is 0.340 e. The first-order chi connectivity index (χ1) is 11.4. The fourth-order valence-electron chi connectivity index (χ4n) is 2.95. The van der Waals surface area contributed by atoms with Crippen molar-refractivity contribution in [1.29, 1.82) is 0 Å². The van der Waals surface area contributed by atoms with Crippen molar-refractivity contribution in [3.8, 4) is 0 Å². The van der Waals surface area contributed by atoms with E-state index in [-0.39, 0.29) is 0 Å². The summed E-state index contributed by atoms with van der Waals surface area (Å²) < 4.78 is 4.40. The Hall–Kier alpha value is -2.87. The van der Waals surface area contributed by atoms with Gasteiger partial charge in [-0.15, -0.1) is 0 Å². The Morgan fingerprint density at radius 3 is 2.04 bits per heavy atom. The molecule has 112 valence electrons. The highest BCUT2D eigenvalue weighted by Gasteiger charge is 2.07. The van der Waals surface area contributed by atoms with Crippen LogP contribution in [-0.2, 0) is 13.1 Å². The molecule has 0 radical (unpaired) electrons. The summed E-state index contributed by atoms with van der Waals surface area (Å²) in [5.41, 5.74) is 5.01. The Morgan fingerprint density at radius 2 is 1.30 bits per heavy atom. The topological polar surface area (TPSA) is 8.81 Å². The third-order valence-electron chi connectivity index (χ3n) is 4.07. The van der Waals surface area contributed by atoms with Crippen molar-refractivity contribution < 1.29 is 4.57 Å². The van der Waals surface area contributed by atoms with E-state index >= 15 is 0 Å². The van der Waals surface area contributed by atoms with E-state index in [1.54, 1.807) is 0 Å². The van der Waals surface area contributed by atoms with Gasteiger partial charge in [0.25, 0.3) is 0 Å². The molecule has 0 unspecified atom stereocenters. The van der Waals surface area contributed by atoms with Gasteiger partial charge in [0, 0.05) is 11.0 Å².